The molecule has 2 heterocycles. The van der Waals surface area contributed by atoms with E-state index in [2.05, 4.69) is 23.7 Å². The maximum atomic E-state index is 12.7. The second-order valence-electron chi connectivity index (χ2n) is 5.36. The fourth-order valence-electron chi connectivity index (χ4n) is 2.41. The number of hydrogen-bond acceptors (Lipinski definition) is 4. The Hall–Kier alpha value is -1.42. The summed E-state index contributed by atoms with van der Waals surface area (Å²) < 4.78 is 26.9. The molecule has 21 heavy (non-hydrogen) atoms. The highest BCUT2D eigenvalue weighted by molar-refractivity contribution is 7.89. The van der Waals surface area contributed by atoms with Crippen LogP contribution in [-0.4, -0.2) is 37.3 Å². The van der Waals surface area contributed by atoms with E-state index < -0.39 is 10.0 Å². The third-order valence-electron chi connectivity index (χ3n) is 3.66. The third-order valence-corrected chi connectivity index (χ3v) is 5.53. The predicted molar refractivity (Wildman–Crippen MR) is 81.9 cm³/mol. The second kappa shape index (κ2) is 7.03. The lowest BCUT2D eigenvalue weighted by Crippen LogP contribution is -2.32. The fraction of sp³-hybridized carbons (Fsp3) is 0.533. The van der Waals surface area contributed by atoms with Gasteiger partial charge in [0.15, 0.2) is 0 Å². The Labute approximate surface area is 126 Å². The largest absolute Gasteiger partial charge is 0.320 e. The van der Waals surface area contributed by atoms with Gasteiger partial charge >= 0.3 is 0 Å². The molecule has 0 radical (unpaired) electrons. The number of sulfonamides is 1. The maximum absolute atomic E-state index is 12.7. The Bertz CT molecular complexity index is 646. The molecule has 5 nitrogen and oxygen atoms in total. The van der Waals surface area contributed by atoms with E-state index in [1.54, 1.807) is 16.6 Å². The first kappa shape index (κ1) is 16.0. The molecule has 1 aromatic rings. The van der Waals surface area contributed by atoms with Crippen molar-refractivity contribution in [1.82, 2.24) is 9.29 Å². The van der Waals surface area contributed by atoms with Crippen LogP contribution in [0.1, 0.15) is 31.7 Å². The Morgan fingerprint density at radius 1 is 1.38 bits per heavy atom. The summed E-state index contributed by atoms with van der Waals surface area (Å²) >= 11 is 0. The zero-order valence-corrected chi connectivity index (χ0v) is 13.1. The molecule has 1 fully saturated rings. The summed E-state index contributed by atoms with van der Waals surface area (Å²) in [5.41, 5.74) is 5.90. The van der Waals surface area contributed by atoms with Gasteiger partial charge in [-0.3, -0.25) is 4.98 Å². The van der Waals surface area contributed by atoms with Gasteiger partial charge in [0.1, 0.15) is 4.90 Å². The summed E-state index contributed by atoms with van der Waals surface area (Å²) in [6.45, 7) is 3.55. The number of hydrogen-bond donors (Lipinski definition) is 1. The van der Waals surface area contributed by atoms with Crippen molar-refractivity contribution in [3.8, 4) is 11.8 Å². The lowest BCUT2D eigenvalue weighted by molar-refractivity contribution is 0.416. The SMILES string of the molecule is CC1CCCN(S(=O)(=O)c2cncc(C#CCN)c2)CC1. The van der Waals surface area contributed by atoms with Crippen LogP contribution in [0.5, 0.6) is 0 Å². The number of nitrogens with zero attached hydrogens (tertiary/aromatic N) is 2. The Morgan fingerprint density at radius 3 is 2.95 bits per heavy atom. The molecule has 6 heteroatoms. The molecular formula is C15H21N3O2S. The predicted octanol–water partition coefficient (Wildman–Crippen LogP) is 1.20. The van der Waals surface area contributed by atoms with E-state index in [-0.39, 0.29) is 11.4 Å². The highest BCUT2D eigenvalue weighted by Crippen LogP contribution is 2.22. The highest BCUT2D eigenvalue weighted by atomic mass is 32.2. The summed E-state index contributed by atoms with van der Waals surface area (Å²) in [5.74, 6) is 6.10. The molecule has 1 aliphatic rings. The van der Waals surface area contributed by atoms with E-state index in [4.69, 9.17) is 5.73 Å². The van der Waals surface area contributed by atoms with Crippen LogP contribution in [0.15, 0.2) is 23.4 Å². The molecule has 0 spiro atoms. The Balaban J connectivity index is 2.26. The number of rotatable bonds is 2. The van der Waals surface area contributed by atoms with Gasteiger partial charge in [0.25, 0.3) is 0 Å². The maximum Gasteiger partial charge on any atom is 0.244 e. The Morgan fingerprint density at radius 2 is 2.19 bits per heavy atom. The van der Waals surface area contributed by atoms with Crippen molar-refractivity contribution in [2.75, 3.05) is 19.6 Å². The van der Waals surface area contributed by atoms with Crippen LogP contribution in [0.2, 0.25) is 0 Å². The fourth-order valence-corrected chi connectivity index (χ4v) is 3.89. The minimum atomic E-state index is -3.48. The van der Waals surface area contributed by atoms with Crippen LogP contribution in [0, 0.1) is 17.8 Å². The van der Waals surface area contributed by atoms with Crippen LogP contribution in [0.25, 0.3) is 0 Å². The molecule has 1 aliphatic heterocycles. The second-order valence-corrected chi connectivity index (χ2v) is 7.29. The van der Waals surface area contributed by atoms with Gasteiger partial charge in [-0.1, -0.05) is 18.8 Å². The zero-order chi connectivity index (χ0) is 15.3. The standard InChI is InChI=1S/C15H21N3O2S/c1-13-4-3-8-18(9-6-13)21(19,20)15-10-14(5-2-7-16)11-17-12-15/h10-13H,3-4,6-9,16H2,1H3. The molecule has 2 N–H and O–H groups in total. The lowest BCUT2D eigenvalue weighted by atomic mass is 10.0. The zero-order valence-electron chi connectivity index (χ0n) is 12.2. The van der Waals surface area contributed by atoms with Gasteiger partial charge in [-0.2, -0.15) is 4.31 Å². The number of nitrogens with two attached hydrogens (primary N) is 1. The quantitative estimate of drug-likeness (QED) is 0.833. The summed E-state index contributed by atoms with van der Waals surface area (Å²) in [7, 11) is -3.48. The minimum absolute atomic E-state index is 0.209. The average Bonchev–Trinajstić information content (AvgIpc) is 2.70. The van der Waals surface area contributed by atoms with E-state index in [0.717, 1.165) is 19.3 Å². The molecule has 0 aromatic carbocycles. The smallest absolute Gasteiger partial charge is 0.244 e. The van der Waals surface area contributed by atoms with Crippen LogP contribution >= 0.6 is 0 Å². The first-order valence-corrected chi connectivity index (χ1v) is 8.62. The Kier molecular flexibility index (Phi) is 5.34. The summed E-state index contributed by atoms with van der Waals surface area (Å²) in [6.07, 6.45) is 5.82. The van der Waals surface area contributed by atoms with Gasteiger partial charge in [0.2, 0.25) is 10.0 Å². The molecule has 0 aliphatic carbocycles. The number of aromatic nitrogens is 1. The summed E-state index contributed by atoms with van der Waals surface area (Å²) in [5, 5.41) is 0. The van der Waals surface area contributed by atoms with E-state index in [0.29, 0.717) is 24.6 Å². The van der Waals surface area contributed by atoms with E-state index in [1.807, 2.05) is 0 Å². The molecule has 1 unspecified atom stereocenters. The van der Waals surface area contributed by atoms with E-state index >= 15 is 0 Å². The summed E-state index contributed by atoms with van der Waals surface area (Å²) in [6, 6.07) is 1.57. The molecule has 0 amide bonds. The van der Waals surface area contributed by atoms with Gasteiger partial charge < -0.3 is 5.73 Å². The first-order chi connectivity index (χ1) is 10.0. The van der Waals surface area contributed by atoms with Crippen LogP contribution in [0.3, 0.4) is 0 Å². The van der Waals surface area contributed by atoms with Crippen molar-refractivity contribution in [3.05, 3.63) is 24.0 Å². The van der Waals surface area contributed by atoms with Gasteiger partial charge in [-0.25, -0.2) is 8.42 Å². The third kappa shape index (κ3) is 4.03. The van der Waals surface area contributed by atoms with Crippen LogP contribution in [0.4, 0.5) is 0 Å². The monoisotopic (exact) mass is 307 g/mol. The molecule has 1 saturated heterocycles. The highest BCUT2D eigenvalue weighted by Gasteiger charge is 2.26. The van der Waals surface area contributed by atoms with Gasteiger partial charge in [0, 0.05) is 31.0 Å². The van der Waals surface area contributed by atoms with Crippen molar-refractivity contribution in [3.63, 3.8) is 0 Å². The average molecular weight is 307 g/mol. The first-order valence-electron chi connectivity index (χ1n) is 7.18. The summed E-state index contributed by atoms with van der Waals surface area (Å²) in [4.78, 5) is 4.20. The molecule has 114 valence electrons. The molecule has 2 rings (SSSR count). The van der Waals surface area contributed by atoms with Crippen LogP contribution in [-0.2, 0) is 10.0 Å². The van der Waals surface area contributed by atoms with Gasteiger partial charge in [-0.15, -0.1) is 0 Å². The topological polar surface area (TPSA) is 76.3 Å². The molecule has 0 saturated carbocycles. The van der Waals surface area contributed by atoms with E-state index in [9.17, 15) is 8.42 Å². The van der Waals surface area contributed by atoms with Gasteiger partial charge in [0.05, 0.1) is 6.54 Å². The molecule has 0 bridgehead atoms. The van der Waals surface area contributed by atoms with Crippen LogP contribution < -0.4 is 5.73 Å². The lowest BCUT2D eigenvalue weighted by Gasteiger charge is -2.19. The molecular weight excluding hydrogens is 286 g/mol. The molecule has 1 aromatic heterocycles. The van der Waals surface area contributed by atoms with Crippen molar-refractivity contribution in [1.29, 1.82) is 0 Å². The van der Waals surface area contributed by atoms with Gasteiger partial charge in [-0.05, 0) is 31.2 Å². The number of pyridine rings is 1. The normalized spacial score (nSPS) is 20.4. The van der Waals surface area contributed by atoms with Crippen molar-refractivity contribution < 1.29 is 8.42 Å². The minimum Gasteiger partial charge on any atom is -0.320 e. The van der Waals surface area contributed by atoms with E-state index in [1.165, 1.54) is 6.20 Å². The van der Waals surface area contributed by atoms with Crippen molar-refractivity contribution in [2.45, 2.75) is 31.1 Å². The van der Waals surface area contributed by atoms with Crippen molar-refractivity contribution >= 4 is 10.0 Å². The van der Waals surface area contributed by atoms with Crippen molar-refractivity contribution in [2.24, 2.45) is 11.7 Å². The molecule has 1 atom stereocenters.